The van der Waals surface area contributed by atoms with Crippen molar-refractivity contribution in [1.29, 1.82) is 0 Å². The molecule has 0 spiro atoms. The quantitative estimate of drug-likeness (QED) is 0.716. The number of piperidine rings is 1. The van der Waals surface area contributed by atoms with Gasteiger partial charge in [0.25, 0.3) is 0 Å². The Bertz CT molecular complexity index is 839. The van der Waals surface area contributed by atoms with Gasteiger partial charge in [0.1, 0.15) is 11.4 Å². The molecule has 0 bridgehead atoms. The Hall–Kier alpha value is -1.53. The third-order valence-electron chi connectivity index (χ3n) is 6.89. The highest BCUT2D eigenvalue weighted by Gasteiger charge is 2.41. The number of benzene rings is 2. The second kappa shape index (κ2) is 8.31. The first-order valence-electron chi connectivity index (χ1n) is 11.0. The second-order valence-electron chi connectivity index (χ2n) is 8.79. The molecule has 0 radical (unpaired) electrons. The van der Waals surface area contributed by atoms with E-state index in [9.17, 15) is 4.55 Å². The first-order chi connectivity index (χ1) is 14.2. The smallest absolute Gasteiger partial charge is 0.180 e. The maximum atomic E-state index is 13.0. The third-order valence-corrected chi connectivity index (χ3v) is 8.34. The van der Waals surface area contributed by atoms with Crippen LogP contribution in [0.4, 0.5) is 5.69 Å². The number of anilines is 1. The van der Waals surface area contributed by atoms with E-state index in [4.69, 9.17) is 0 Å². The van der Waals surface area contributed by atoms with Gasteiger partial charge in [-0.2, -0.15) is 4.31 Å². The summed E-state index contributed by atoms with van der Waals surface area (Å²) in [6.45, 7) is 5.52. The molecule has 0 amide bonds. The maximum absolute atomic E-state index is 13.0. The summed E-state index contributed by atoms with van der Waals surface area (Å²) in [5.74, 6) is 1.44. The largest absolute Gasteiger partial charge is 0.588 e. The van der Waals surface area contributed by atoms with E-state index in [1.54, 1.807) is 0 Å². The van der Waals surface area contributed by atoms with E-state index in [0.717, 1.165) is 42.6 Å². The molecule has 0 aromatic heterocycles. The molecule has 4 atom stereocenters. The Labute approximate surface area is 177 Å². The standard InChI is InChI=1S/C24H31N3OS/c1-17(18-9-12-25-13-10-18)26-23-16-22(23)19-7-8-24-20(15-19)11-14-27(24)29(28)21-5-3-2-4-6-21/h2-8,15,17-18,22-23,25-26H,9-14,16H2,1H3. The summed E-state index contributed by atoms with van der Waals surface area (Å²) in [5, 5.41) is 7.37. The summed E-state index contributed by atoms with van der Waals surface area (Å²) in [6.07, 6.45) is 4.81. The van der Waals surface area contributed by atoms with Crippen LogP contribution in [0.2, 0.25) is 0 Å². The molecule has 1 saturated carbocycles. The molecule has 2 fully saturated rings. The molecule has 2 aromatic rings. The zero-order valence-corrected chi connectivity index (χ0v) is 18.0. The van der Waals surface area contributed by atoms with Gasteiger partial charge in [0.2, 0.25) is 0 Å². The number of hydrogen-bond donors (Lipinski definition) is 2. The summed E-state index contributed by atoms with van der Waals surface area (Å²) >= 11 is -1.12. The Morgan fingerprint density at radius 3 is 2.72 bits per heavy atom. The van der Waals surface area contributed by atoms with Crippen LogP contribution in [0.1, 0.15) is 43.2 Å². The number of rotatable bonds is 6. The van der Waals surface area contributed by atoms with Gasteiger partial charge in [0, 0.05) is 18.0 Å². The van der Waals surface area contributed by atoms with Crippen LogP contribution in [0, 0.1) is 5.92 Å². The van der Waals surface area contributed by atoms with Crippen LogP contribution >= 0.6 is 0 Å². The van der Waals surface area contributed by atoms with Crippen LogP contribution in [0.3, 0.4) is 0 Å². The van der Waals surface area contributed by atoms with E-state index in [1.165, 1.54) is 30.4 Å². The Morgan fingerprint density at radius 1 is 1.14 bits per heavy atom. The van der Waals surface area contributed by atoms with E-state index in [1.807, 2.05) is 30.3 Å². The number of nitrogens with zero attached hydrogens (tertiary/aromatic N) is 1. The molecule has 5 rings (SSSR count). The normalized spacial score (nSPS) is 26.2. The predicted octanol–water partition coefficient (Wildman–Crippen LogP) is 3.61. The van der Waals surface area contributed by atoms with E-state index in [2.05, 4.69) is 40.1 Å². The van der Waals surface area contributed by atoms with Gasteiger partial charge in [0.05, 0.1) is 12.2 Å². The fourth-order valence-corrected chi connectivity index (χ4v) is 6.28. The molecule has 1 aliphatic carbocycles. The molecular formula is C24H31N3OS. The molecule has 4 nitrogen and oxygen atoms in total. The van der Waals surface area contributed by atoms with E-state index in [0.29, 0.717) is 18.0 Å². The Morgan fingerprint density at radius 2 is 1.93 bits per heavy atom. The van der Waals surface area contributed by atoms with E-state index >= 15 is 0 Å². The molecule has 2 N–H and O–H groups in total. The molecule has 4 unspecified atom stereocenters. The van der Waals surface area contributed by atoms with Crippen molar-refractivity contribution in [1.82, 2.24) is 10.6 Å². The summed E-state index contributed by atoms with van der Waals surface area (Å²) in [4.78, 5) is 0.878. The van der Waals surface area contributed by atoms with Gasteiger partial charge in [-0.05, 0) is 80.9 Å². The lowest BCUT2D eigenvalue weighted by Crippen LogP contribution is -2.41. The summed E-state index contributed by atoms with van der Waals surface area (Å²) in [6, 6.07) is 17.8. The van der Waals surface area contributed by atoms with Crippen LogP contribution in [0.5, 0.6) is 0 Å². The summed E-state index contributed by atoms with van der Waals surface area (Å²) < 4.78 is 15.0. The Balaban J connectivity index is 1.23. The first kappa shape index (κ1) is 19.4. The SMILES string of the molecule is CC(NC1CC1c1ccc2c(c1)CCN2[S+]([O-])c1ccccc1)C1CCNCC1. The van der Waals surface area contributed by atoms with Crippen molar-refractivity contribution in [3.63, 3.8) is 0 Å². The average Bonchev–Trinajstić information content (AvgIpc) is 3.41. The van der Waals surface area contributed by atoms with Crippen LogP contribution < -0.4 is 14.9 Å². The number of fused-ring (bicyclic) bond motifs is 1. The monoisotopic (exact) mass is 409 g/mol. The van der Waals surface area contributed by atoms with Crippen LogP contribution in [0.15, 0.2) is 53.4 Å². The van der Waals surface area contributed by atoms with Crippen molar-refractivity contribution in [2.45, 2.75) is 55.5 Å². The van der Waals surface area contributed by atoms with Crippen LogP contribution in [0.25, 0.3) is 0 Å². The lowest BCUT2D eigenvalue weighted by Gasteiger charge is -2.29. The fraction of sp³-hybridized carbons (Fsp3) is 0.500. The minimum Gasteiger partial charge on any atom is -0.588 e. The minimum atomic E-state index is -1.12. The third kappa shape index (κ3) is 4.06. The summed E-state index contributed by atoms with van der Waals surface area (Å²) in [7, 11) is 0. The van der Waals surface area contributed by atoms with Crippen molar-refractivity contribution in [3.8, 4) is 0 Å². The van der Waals surface area contributed by atoms with Crippen molar-refractivity contribution in [3.05, 3.63) is 59.7 Å². The molecule has 2 aliphatic heterocycles. The lowest BCUT2D eigenvalue weighted by atomic mass is 9.91. The van der Waals surface area contributed by atoms with Crippen molar-refractivity contribution in [2.24, 2.45) is 5.92 Å². The van der Waals surface area contributed by atoms with Gasteiger partial charge >= 0.3 is 0 Å². The molecule has 29 heavy (non-hydrogen) atoms. The minimum absolute atomic E-state index is 0.602. The predicted molar refractivity (Wildman–Crippen MR) is 120 cm³/mol. The van der Waals surface area contributed by atoms with Gasteiger partial charge in [-0.15, -0.1) is 0 Å². The maximum Gasteiger partial charge on any atom is 0.180 e. The highest BCUT2D eigenvalue weighted by molar-refractivity contribution is 7.92. The van der Waals surface area contributed by atoms with Gasteiger partial charge in [-0.25, -0.2) is 0 Å². The van der Waals surface area contributed by atoms with Gasteiger partial charge in [-0.3, -0.25) is 0 Å². The number of nitrogens with one attached hydrogen (secondary N) is 2. The van der Waals surface area contributed by atoms with E-state index in [-0.39, 0.29) is 0 Å². The average molecular weight is 410 g/mol. The molecule has 3 aliphatic rings. The fourth-order valence-electron chi connectivity index (χ4n) is 5.02. The van der Waals surface area contributed by atoms with Gasteiger partial charge in [-0.1, -0.05) is 30.3 Å². The van der Waals surface area contributed by atoms with Gasteiger partial charge < -0.3 is 15.2 Å². The molecule has 1 saturated heterocycles. The number of hydrogen-bond acceptors (Lipinski definition) is 4. The van der Waals surface area contributed by atoms with Crippen molar-refractivity contribution in [2.75, 3.05) is 23.9 Å². The first-order valence-corrected chi connectivity index (χ1v) is 12.2. The topological polar surface area (TPSA) is 50.4 Å². The highest BCUT2D eigenvalue weighted by atomic mass is 32.2. The lowest BCUT2D eigenvalue weighted by molar-refractivity contribution is 0.291. The summed E-state index contributed by atoms with van der Waals surface area (Å²) in [5.41, 5.74) is 3.94. The van der Waals surface area contributed by atoms with E-state index < -0.39 is 11.4 Å². The van der Waals surface area contributed by atoms with Crippen molar-refractivity contribution < 1.29 is 4.55 Å². The molecule has 154 valence electrons. The second-order valence-corrected chi connectivity index (χ2v) is 10.2. The van der Waals surface area contributed by atoms with Crippen LogP contribution in [-0.2, 0) is 17.8 Å². The molecule has 2 aromatic carbocycles. The van der Waals surface area contributed by atoms with Crippen molar-refractivity contribution >= 4 is 17.0 Å². The zero-order chi connectivity index (χ0) is 19.8. The highest BCUT2D eigenvalue weighted by Crippen LogP contribution is 2.44. The van der Waals surface area contributed by atoms with Crippen LogP contribution in [-0.4, -0.2) is 36.3 Å². The Kier molecular flexibility index (Phi) is 5.57. The molecular weight excluding hydrogens is 378 g/mol. The zero-order valence-electron chi connectivity index (χ0n) is 17.1. The van der Waals surface area contributed by atoms with Gasteiger partial charge in [0.15, 0.2) is 4.90 Å². The molecule has 2 heterocycles. The molecule has 5 heteroatoms.